The molecular weight excluding hydrogens is 376 g/mol. The molecule has 2 N–H and O–H groups in total. The van der Waals surface area contributed by atoms with Gasteiger partial charge >= 0.3 is 0 Å². The van der Waals surface area contributed by atoms with Crippen molar-refractivity contribution < 1.29 is 0 Å². The van der Waals surface area contributed by atoms with Crippen LogP contribution in [0.15, 0.2) is 43.0 Å². The second-order valence-electron chi connectivity index (χ2n) is 8.18. The zero-order chi connectivity index (χ0) is 20.3. The lowest BCUT2D eigenvalue weighted by molar-refractivity contribution is 0.468. The highest BCUT2D eigenvalue weighted by Crippen LogP contribution is 2.30. The molecule has 156 valence electrons. The molecule has 5 heterocycles. The van der Waals surface area contributed by atoms with E-state index in [1.54, 1.807) is 0 Å². The van der Waals surface area contributed by atoms with Crippen LogP contribution in [0.3, 0.4) is 0 Å². The molecule has 3 aromatic rings. The fourth-order valence-corrected chi connectivity index (χ4v) is 4.53. The number of nitrogens with zero attached hydrogens (tertiary/aromatic N) is 7. The first-order chi connectivity index (χ1) is 14.8. The molecule has 0 atom stereocenters. The van der Waals surface area contributed by atoms with Crippen molar-refractivity contribution in [1.82, 2.24) is 24.5 Å². The summed E-state index contributed by atoms with van der Waals surface area (Å²) in [6.45, 7) is 4.77. The van der Waals surface area contributed by atoms with Crippen LogP contribution in [-0.4, -0.2) is 50.7 Å². The Balaban J connectivity index is 1.27. The molecular formula is C22H28N8. The van der Waals surface area contributed by atoms with Crippen molar-refractivity contribution in [3.05, 3.63) is 54.4 Å². The summed E-state index contributed by atoms with van der Waals surface area (Å²) in [5.41, 5.74) is 7.35. The third-order valence-corrected chi connectivity index (χ3v) is 6.14. The van der Waals surface area contributed by atoms with Gasteiger partial charge in [-0.2, -0.15) is 9.97 Å². The maximum atomic E-state index is 6.11. The van der Waals surface area contributed by atoms with Gasteiger partial charge in [0.15, 0.2) is 0 Å². The number of hydrogen-bond donors (Lipinski definition) is 1. The van der Waals surface area contributed by atoms with E-state index < -0.39 is 0 Å². The minimum atomic E-state index is 0.454. The molecule has 2 saturated heterocycles. The Hall–Kier alpha value is -3.16. The quantitative estimate of drug-likeness (QED) is 0.699. The molecule has 0 radical (unpaired) electrons. The van der Waals surface area contributed by atoms with Crippen molar-refractivity contribution in [3.63, 3.8) is 0 Å². The fourth-order valence-electron chi connectivity index (χ4n) is 4.53. The van der Waals surface area contributed by atoms with Gasteiger partial charge in [0.2, 0.25) is 5.95 Å². The molecule has 0 amide bonds. The highest BCUT2D eigenvalue weighted by Gasteiger charge is 2.26. The minimum absolute atomic E-state index is 0.454. The highest BCUT2D eigenvalue weighted by atomic mass is 15.3. The Morgan fingerprint density at radius 2 is 1.70 bits per heavy atom. The summed E-state index contributed by atoms with van der Waals surface area (Å²) >= 11 is 0. The monoisotopic (exact) mass is 404 g/mol. The molecule has 3 aromatic heterocycles. The highest BCUT2D eigenvalue weighted by molar-refractivity contribution is 5.53. The fraction of sp³-hybridized carbons (Fsp3) is 0.455. The van der Waals surface area contributed by atoms with E-state index in [1.165, 1.54) is 24.2 Å². The zero-order valence-corrected chi connectivity index (χ0v) is 17.2. The van der Waals surface area contributed by atoms with E-state index >= 15 is 0 Å². The standard InChI is InChI=1S/C22H28N8/c23-19-15-20(27-22(26-19)29-10-1-2-11-29)28-12-5-18(6-13-28)21-25-9-14-30(21)16-17-3-7-24-8-4-17/h3-4,7-9,14-15,18H,1-2,5-6,10-13,16H2,(H2,23,26,27). The van der Waals surface area contributed by atoms with Crippen LogP contribution in [0.5, 0.6) is 0 Å². The van der Waals surface area contributed by atoms with E-state index in [1.807, 2.05) is 24.7 Å². The number of anilines is 3. The SMILES string of the molecule is Nc1cc(N2CCC(c3nccn3Cc3ccncc3)CC2)nc(N2CCCC2)n1. The van der Waals surface area contributed by atoms with Crippen LogP contribution in [0.1, 0.15) is 43.0 Å². The molecule has 2 fully saturated rings. The molecule has 30 heavy (non-hydrogen) atoms. The number of hydrogen-bond acceptors (Lipinski definition) is 7. The lowest BCUT2D eigenvalue weighted by Gasteiger charge is -2.33. The average molecular weight is 405 g/mol. The van der Waals surface area contributed by atoms with Crippen molar-refractivity contribution in [1.29, 1.82) is 0 Å². The van der Waals surface area contributed by atoms with Crippen molar-refractivity contribution in [3.8, 4) is 0 Å². The number of nitrogens with two attached hydrogens (primary N) is 1. The second-order valence-corrected chi connectivity index (χ2v) is 8.18. The van der Waals surface area contributed by atoms with Crippen LogP contribution in [0, 0.1) is 0 Å². The summed E-state index contributed by atoms with van der Waals surface area (Å²) in [5, 5.41) is 0. The van der Waals surface area contributed by atoms with Crippen LogP contribution in [-0.2, 0) is 6.54 Å². The van der Waals surface area contributed by atoms with Crippen molar-refractivity contribution in [2.45, 2.75) is 38.1 Å². The van der Waals surface area contributed by atoms with E-state index in [2.05, 4.69) is 42.7 Å². The molecule has 0 aliphatic carbocycles. The van der Waals surface area contributed by atoms with E-state index in [4.69, 9.17) is 15.7 Å². The molecule has 0 aromatic carbocycles. The van der Waals surface area contributed by atoms with E-state index in [0.717, 1.165) is 57.3 Å². The topological polar surface area (TPSA) is 89.0 Å². The maximum Gasteiger partial charge on any atom is 0.229 e. The van der Waals surface area contributed by atoms with Gasteiger partial charge in [-0.25, -0.2) is 4.98 Å². The lowest BCUT2D eigenvalue weighted by atomic mass is 9.95. The third-order valence-electron chi connectivity index (χ3n) is 6.14. The predicted octanol–water partition coefficient (Wildman–Crippen LogP) is 2.68. The number of imidazole rings is 1. The van der Waals surface area contributed by atoms with Crippen LogP contribution in [0.4, 0.5) is 17.6 Å². The van der Waals surface area contributed by atoms with Crippen molar-refractivity contribution in [2.75, 3.05) is 41.7 Å². The van der Waals surface area contributed by atoms with Gasteiger partial charge in [0.05, 0.1) is 0 Å². The summed E-state index contributed by atoms with van der Waals surface area (Å²) in [6.07, 6.45) is 12.2. The Morgan fingerprint density at radius 3 is 2.47 bits per heavy atom. The largest absolute Gasteiger partial charge is 0.383 e. The second kappa shape index (κ2) is 8.30. The normalized spacial score (nSPS) is 17.6. The van der Waals surface area contributed by atoms with Crippen LogP contribution in [0.2, 0.25) is 0 Å². The van der Waals surface area contributed by atoms with E-state index in [9.17, 15) is 0 Å². The molecule has 0 unspecified atom stereocenters. The predicted molar refractivity (Wildman–Crippen MR) is 118 cm³/mol. The number of rotatable bonds is 5. The summed E-state index contributed by atoms with van der Waals surface area (Å²) in [5.74, 6) is 3.90. The van der Waals surface area contributed by atoms with E-state index in [0.29, 0.717) is 11.7 Å². The minimum Gasteiger partial charge on any atom is -0.383 e. The first-order valence-corrected chi connectivity index (χ1v) is 10.8. The Morgan fingerprint density at radius 1 is 0.933 bits per heavy atom. The van der Waals surface area contributed by atoms with Gasteiger partial charge < -0.3 is 20.1 Å². The molecule has 0 saturated carbocycles. The molecule has 2 aliphatic heterocycles. The molecule has 8 heteroatoms. The van der Waals surface area contributed by atoms with Crippen LogP contribution < -0.4 is 15.5 Å². The third kappa shape index (κ3) is 3.94. The summed E-state index contributed by atoms with van der Waals surface area (Å²) in [4.78, 5) is 22.7. The number of aromatic nitrogens is 5. The first-order valence-electron chi connectivity index (χ1n) is 10.8. The van der Waals surface area contributed by atoms with E-state index in [-0.39, 0.29) is 0 Å². The van der Waals surface area contributed by atoms with Gasteiger partial charge in [0, 0.05) is 69.5 Å². The Kier molecular flexibility index (Phi) is 5.21. The molecule has 0 spiro atoms. The van der Waals surface area contributed by atoms with Gasteiger partial charge in [-0.1, -0.05) is 0 Å². The number of nitrogen functional groups attached to an aromatic ring is 1. The van der Waals surface area contributed by atoms with Gasteiger partial charge in [-0.3, -0.25) is 4.98 Å². The Bertz CT molecular complexity index is 972. The number of pyridine rings is 1. The summed E-state index contributed by atoms with van der Waals surface area (Å²) in [7, 11) is 0. The molecule has 2 aliphatic rings. The van der Waals surface area contributed by atoms with Crippen molar-refractivity contribution >= 4 is 17.6 Å². The zero-order valence-electron chi connectivity index (χ0n) is 17.2. The van der Waals surface area contributed by atoms with Gasteiger partial charge in [-0.15, -0.1) is 0 Å². The number of piperidine rings is 1. The van der Waals surface area contributed by atoms with Gasteiger partial charge in [-0.05, 0) is 43.4 Å². The first kappa shape index (κ1) is 18.8. The van der Waals surface area contributed by atoms with Crippen LogP contribution in [0.25, 0.3) is 0 Å². The molecule has 0 bridgehead atoms. The van der Waals surface area contributed by atoms with Gasteiger partial charge in [0.1, 0.15) is 17.5 Å². The summed E-state index contributed by atoms with van der Waals surface area (Å²) < 4.78 is 2.27. The average Bonchev–Trinajstić information content (AvgIpc) is 3.47. The molecule has 5 rings (SSSR count). The maximum absolute atomic E-state index is 6.11. The smallest absolute Gasteiger partial charge is 0.229 e. The molecule has 8 nitrogen and oxygen atoms in total. The Labute approximate surface area is 176 Å². The lowest BCUT2D eigenvalue weighted by Crippen LogP contribution is -2.35. The summed E-state index contributed by atoms with van der Waals surface area (Å²) in [6, 6.07) is 6.03. The van der Waals surface area contributed by atoms with Gasteiger partial charge in [0.25, 0.3) is 0 Å². The van der Waals surface area contributed by atoms with Crippen molar-refractivity contribution in [2.24, 2.45) is 0 Å². The van der Waals surface area contributed by atoms with Crippen LogP contribution >= 0.6 is 0 Å².